The molecule has 24 heavy (non-hydrogen) atoms. The Morgan fingerprint density at radius 3 is 2.21 bits per heavy atom. The van der Waals surface area contributed by atoms with E-state index >= 15 is 0 Å². The van der Waals surface area contributed by atoms with Crippen molar-refractivity contribution in [3.8, 4) is 0 Å². The third-order valence-corrected chi connectivity index (χ3v) is 5.45. The third-order valence-electron chi connectivity index (χ3n) is 4.08. The number of anilines is 2. The average Bonchev–Trinajstić information content (AvgIpc) is 2.85. The van der Waals surface area contributed by atoms with Crippen LogP contribution in [0.15, 0.2) is 47.5 Å². The highest BCUT2D eigenvalue weighted by Crippen LogP contribution is 2.21. The SMILES string of the molecule is O=S(=O)(Nc1ccc(N2CCCCCC2)cn1)c1ccc(F)cc1. The van der Waals surface area contributed by atoms with Gasteiger partial charge < -0.3 is 4.90 Å². The largest absolute Gasteiger partial charge is 0.370 e. The van der Waals surface area contributed by atoms with E-state index in [1.165, 1.54) is 37.8 Å². The van der Waals surface area contributed by atoms with Crippen LogP contribution in [0.4, 0.5) is 15.9 Å². The van der Waals surface area contributed by atoms with E-state index < -0.39 is 15.8 Å². The monoisotopic (exact) mass is 349 g/mol. The number of pyridine rings is 1. The highest BCUT2D eigenvalue weighted by Gasteiger charge is 2.15. The molecule has 0 amide bonds. The van der Waals surface area contributed by atoms with E-state index in [9.17, 15) is 12.8 Å². The number of benzene rings is 1. The molecule has 3 rings (SSSR count). The molecule has 0 spiro atoms. The zero-order chi connectivity index (χ0) is 17.0. The molecule has 0 bridgehead atoms. The van der Waals surface area contributed by atoms with Crippen molar-refractivity contribution in [2.24, 2.45) is 0 Å². The molecular formula is C17H20FN3O2S. The molecule has 1 saturated heterocycles. The Hall–Kier alpha value is -2.15. The molecule has 1 N–H and O–H groups in total. The lowest BCUT2D eigenvalue weighted by Gasteiger charge is -2.22. The van der Waals surface area contributed by atoms with Gasteiger partial charge >= 0.3 is 0 Å². The molecule has 1 aromatic carbocycles. The first kappa shape index (κ1) is 16.7. The topological polar surface area (TPSA) is 62.3 Å². The van der Waals surface area contributed by atoms with Gasteiger partial charge in [-0.15, -0.1) is 0 Å². The Morgan fingerprint density at radius 2 is 1.62 bits per heavy atom. The van der Waals surface area contributed by atoms with Gasteiger partial charge in [0.05, 0.1) is 16.8 Å². The Morgan fingerprint density at radius 1 is 0.958 bits per heavy atom. The number of hydrogen-bond acceptors (Lipinski definition) is 4. The summed E-state index contributed by atoms with van der Waals surface area (Å²) in [6.45, 7) is 2.00. The van der Waals surface area contributed by atoms with Crippen LogP contribution in [0.1, 0.15) is 25.7 Å². The van der Waals surface area contributed by atoms with E-state index in [1.807, 2.05) is 6.07 Å². The van der Waals surface area contributed by atoms with Crippen molar-refractivity contribution in [2.45, 2.75) is 30.6 Å². The van der Waals surface area contributed by atoms with Gasteiger partial charge in [-0.2, -0.15) is 0 Å². The molecule has 0 unspecified atom stereocenters. The highest BCUT2D eigenvalue weighted by molar-refractivity contribution is 7.92. The first-order valence-electron chi connectivity index (χ1n) is 8.04. The van der Waals surface area contributed by atoms with Gasteiger partial charge in [-0.3, -0.25) is 4.72 Å². The van der Waals surface area contributed by atoms with Crippen LogP contribution in [0.5, 0.6) is 0 Å². The minimum absolute atomic E-state index is 0.00212. The van der Waals surface area contributed by atoms with E-state index in [1.54, 1.807) is 12.3 Å². The van der Waals surface area contributed by atoms with Crippen LogP contribution in [0.25, 0.3) is 0 Å². The van der Waals surface area contributed by atoms with E-state index in [0.717, 1.165) is 30.9 Å². The van der Waals surface area contributed by atoms with E-state index in [-0.39, 0.29) is 10.7 Å². The molecule has 1 fully saturated rings. The second-order valence-corrected chi connectivity index (χ2v) is 7.54. The van der Waals surface area contributed by atoms with Gasteiger partial charge in [-0.25, -0.2) is 17.8 Å². The fourth-order valence-electron chi connectivity index (χ4n) is 2.77. The van der Waals surface area contributed by atoms with Gasteiger partial charge in [0.15, 0.2) is 0 Å². The van der Waals surface area contributed by atoms with Gasteiger partial charge in [-0.05, 0) is 49.2 Å². The van der Waals surface area contributed by atoms with Crippen LogP contribution in [0.2, 0.25) is 0 Å². The Labute approximate surface area is 141 Å². The number of nitrogens with one attached hydrogen (secondary N) is 1. The number of hydrogen-bond donors (Lipinski definition) is 1. The average molecular weight is 349 g/mol. The maximum Gasteiger partial charge on any atom is 0.263 e. The summed E-state index contributed by atoms with van der Waals surface area (Å²) < 4.78 is 39.9. The molecular weight excluding hydrogens is 329 g/mol. The Kier molecular flexibility index (Phi) is 4.99. The predicted molar refractivity (Wildman–Crippen MR) is 92.1 cm³/mol. The van der Waals surface area contributed by atoms with Gasteiger partial charge in [0, 0.05) is 13.1 Å². The van der Waals surface area contributed by atoms with Crippen molar-refractivity contribution in [1.29, 1.82) is 0 Å². The highest BCUT2D eigenvalue weighted by atomic mass is 32.2. The van der Waals surface area contributed by atoms with Crippen LogP contribution < -0.4 is 9.62 Å². The lowest BCUT2D eigenvalue weighted by molar-refractivity contribution is 0.599. The van der Waals surface area contributed by atoms with Gasteiger partial charge in [0.2, 0.25) is 0 Å². The quantitative estimate of drug-likeness (QED) is 0.919. The molecule has 0 atom stereocenters. The summed E-state index contributed by atoms with van der Waals surface area (Å²) in [5.41, 5.74) is 1.00. The Balaban J connectivity index is 1.72. The Bertz CT molecular complexity index is 768. The molecule has 0 saturated carbocycles. The normalized spacial score (nSPS) is 15.8. The maximum atomic E-state index is 12.9. The molecule has 2 aromatic rings. The van der Waals surface area contributed by atoms with Gasteiger partial charge in [-0.1, -0.05) is 12.8 Å². The van der Waals surface area contributed by atoms with Crippen LogP contribution in [-0.2, 0) is 10.0 Å². The number of halogens is 1. The minimum atomic E-state index is -3.77. The smallest absolute Gasteiger partial charge is 0.263 e. The number of sulfonamides is 1. The van der Waals surface area contributed by atoms with Crippen molar-refractivity contribution in [3.05, 3.63) is 48.4 Å². The van der Waals surface area contributed by atoms with Crippen LogP contribution in [0, 0.1) is 5.82 Å². The zero-order valence-corrected chi connectivity index (χ0v) is 14.1. The summed E-state index contributed by atoms with van der Waals surface area (Å²) in [6.07, 6.45) is 6.52. The van der Waals surface area contributed by atoms with Crippen molar-refractivity contribution >= 4 is 21.5 Å². The standard InChI is InChI=1S/C17H20FN3O2S/c18-14-5-8-16(9-6-14)24(22,23)20-17-10-7-15(13-19-17)21-11-3-1-2-4-12-21/h5-10,13H,1-4,11-12H2,(H,19,20). The molecule has 7 heteroatoms. The minimum Gasteiger partial charge on any atom is -0.370 e. The molecule has 128 valence electrons. The molecule has 1 aliphatic heterocycles. The van der Waals surface area contributed by atoms with E-state index in [4.69, 9.17) is 0 Å². The zero-order valence-electron chi connectivity index (χ0n) is 13.3. The van der Waals surface area contributed by atoms with Crippen LogP contribution in [-0.4, -0.2) is 26.5 Å². The number of aromatic nitrogens is 1. The lowest BCUT2D eigenvalue weighted by Crippen LogP contribution is -2.24. The molecule has 2 heterocycles. The van der Waals surface area contributed by atoms with Crippen molar-refractivity contribution < 1.29 is 12.8 Å². The molecule has 1 aliphatic rings. The van der Waals surface area contributed by atoms with Gasteiger partial charge in [0.1, 0.15) is 11.6 Å². The predicted octanol–water partition coefficient (Wildman–Crippen LogP) is 3.40. The summed E-state index contributed by atoms with van der Waals surface area (Å²) in [5.74, 6) is -0.230. The third kappa shape index (κ3) is 4.03. The fraction of sp³-hybridized carbons (Fsp3) is 0.353. The summed E-state index contributed by atoms with van der Waals surface area (Å²) >= 11 is 0. The lowest BCUT2D eigenvalue weighted by atomic mass is 10.2. The van der Waals surface area contributed by atoms with E-state index in [2.05, 4.69) is 14.6 Å². The second-order valence-electron chi connectivity index (χ2n) is 5.86. The summed E-state index contributed by atoms with van der Waals surface area (Å²) in [4.78, 5) is 6.48. The summed E-state index contributed by atoms with van der Waals surface area (Å²) in [7, 11) is -3.77. The molecule has 0 radical (unpaired) electrons. The summed E-state index contributed by atoms with van der Waals surface area (Å²) in [6, 6.07) is 8.21. The first-order valence-corrected chi connectivity index (χ1v) is 9.52. The second kappa shape index (κ2) is 7.17. The molecule has 0 aliphatic carbocycles. The fourth-order valence-corrected chi connectivity index (χ4v) is 3.78. The first-order chi connectivity index (χ1) is 11.5. The number of rotatable bonds is 4. The maximum absolute atomic E-state index is 12.9. The van der Waals surface area contributed by atoms with Crippen LogP contribution in [0.3, 0.4) is 0 Å². The molecule has 1 aromatic heterocycles. The van der Waals surface area contributed by atoms with E-state index in [0.29, 0.717) is 0 Å². The van der Waals surface area contributed by atoms with Crippen molar-refractivity contribution in [2.75, 3.05) is 22.7 Å². The van der Waals surface area contributed by atoms with Crippen LogP contribution >= 0.6 is 0 Å². The number of nitrogens with zero attached hydrogens (tertiary/aromatic N) is 2. The summed E-state index contributed by atoms with van der Waals surface area (Å²) in [5, 5.41) is 0. The van der Waals surface area contributed by atoms with Crippen molar-refractivity contribution in [1.82, 2.24) is 4.98 Å². The van der Waals surface area contributed by atoms with Gasteiger partial charge in [0.25, 0.3) is 10.0 Å². The van der Waals surface area contributed by atoms with Crippen molar-refractivity contribution in [3.63, 3.8) is 0 Å². The molecule has 5 nitrogen and oxygen atoms in total.